The Labute approximate surface area is 81.0 Å². The quantitative estimate of drug-likeness (QED) is 0.497. The smallest absolute Gasteiger partial charge is 0.323 e. The molecule has 14 heavy (non-hydrogen) atoms. The summed E-state index contributed by atoms with van der Waals surface area (Å²) >= 11 is 0. The molecule has 5 nitrogen and oxygen atoms in total. The van der Waals surface area contributed by atoms with Crippen molar-refractivity contribution in [2.24, 2.45) is 5.73 Å². The van der Waals surface area contributed by atoms with Crippen molar-refractivity contribution in [3.8, 4) is 0 Å². The molecule has 6 N–H and O–H groups in total. The molecule has 5 heteroatoms. The highest BCUT2D eigenvalue weighted by Gasteiger charge is 2.24. The molecular weight excluding hydrogens is 184 g/mol. The Bertz CT molecular complexity index is 341. The van der Waals surface area contributed by atoms with Crippen LogP contribution in [0.1, 0.15) is 11.7 Å². The van der Waals surface area contributed by atoms with Crippen LogP contribution in [0.25, 0.3) is 0 Å². The predicted molar refractivity (Wildman–Crippen MR) is 51.4 cm³/mol. The number of aliphatic hydroxyl groups excluding tert-OH is 1. The van der Waals surface area contributed by atoms with Gasteiger partial charge in [0.15, 0.2) is 0 Å². The van der Waals surface area contributed by atoms with Crippen molar-refractivity contribution in [2.75, 3.05) is 5.73 Å². The minimum Gasteiger partial charge on any atom is -0.480 e. The van der Waals surface area contributed by atoms with E-state index in [1.54, 1.807) is 24.3 Å². The Morgan fingerprint density at radius 1 is 1.36 bits per heavy atom. The number of para-hydroxylation sites is 1. The van der Waals surface area contributed by atoms with Gasteiger partial charge in [-0.15, -0.1) is 0 Å². The van der Waals surface area contributed by atoms with Crippen molar-refractivity contribution in [3.63, 3.8) is 0 Å². The van der Waals surface area contributed by atoms with E-state index in [0.717, 1.165) is 0 Å². The molecule has 0 saturated heterocycles. The summed E-state index contributed by atoms with van der Waals surface area (Å²) in [5, 5.41) is 18.1. The number of benzene rings is 1. The minimum absolute atomic E-state index is 0.330. The Morgan fingerprint density at radius 3 is 2.43 bits per heavy atom. The largest absolute Gasteiger partial charge is 0.480 e. The number of anilines is 1. The molecule has 1 aromatic rings. The van der Waals surface area contributed by atoms with E-state index in [-0.39, 0.29) is 0 Å². The molecule has 0 fully saturated rings. The number of rotatable bonds is 3. The molecule has 0 amide bonds. The number of hydrogen-bond acceptors (Lipinski definition) is 4. The first kappa shape index (κ1) is 10.5. The van der Waals surface area contributed by atoms with Crippen molar-refractivity contribution in [1.29, 1.82) is 0 Å². The predicted octanol–water partition coefficient (Wildman–Crippen LogP) is -0.286. The fraction of sp³-hybridized carbons (Fsp3) is 0.222. The maximum Gasteiger partial charge on any atom is 0.323 e. The molecule has 1 aromatic carbocycles. The normalized spacial score (nSPS) is 14.7. The second-order valence-electron chi connectivity index (χ2n) is 2.94. The summed E-state index contributed by atoms with van der Waals surface area (Å²) in [6, 6.07) is 5.11. The third-order valence-electron chi connectivity index (χ3n) is 1.94. The van der Waals surface area contributed by atoms with E-state index in [9.17, 15) is 9.90 Å². The van der Waals surface area contributed by atoms with Gasteiger partial charge >= 0.3 is 5.97 Å². The molecule has 0 heterocycles. The zero-order chi connectivity index (χ0) is 10.7. The molecule has 0 aliphatic heterocycles. The van der Waals surface area contributed by atoms with E-state index < -0.39 is 18.1 Å². The lowest BCUT2D eigenvalue weighted by Gasteiger charge is -2.16. The van der Waals surface area contributed by atoms with Gasteiger partial charge < -0.3 is 21.7 Å². The number of carboxylic acids is 1. The van der Waals surface area contributed by atoms with Gasteiger partial charge in [-0.3, -0.25) is 4.79 Å². The molecule has 1 unspecified atom stereocenters. The van der Waals surface area contributed by atoms with Crippen LogP contribution in [-0.4, -0.2) is 22.2 Å². The third kappa shape index (κ3) is 2.01. The summed E-state index contributed by atoms with van der Waals surface area (Å²) in [5.41, 5.74) is 11.5. The number of nitrogen functional groups attached to an aromatic ring is 1. The maximum atomic E-state index is 10.5. The van der Waals surface area contributed by atoms with Crippen molar-refractivity contribution >= 4 is 11.7 Å². The van der Waals surface area contributed by atoms with Crippen LogP contribution in [-0.2, 0) is 4.79 Å². The van der Waals surface area contributed by atoms with Crippen LogP contribution in [0.4, 0.5) is 5.69 Å². The highest BCUT2D eigenvalue weighted by Crippen LogP contribution is 2.21. The zero-order valence-corrected chi connectivity index (χ0v) is 7.42. The molecule has 1 rings (SSSR count). The van der Waals surface area contributed by atoms with E-state index in [1.165, 1.54) is 0 Å². The van der Waals surface area contributed by atoms with Crippen molar-refractivity contribution in [3.05, 3.63) is 29.8 Å². The molecule has 0 aliphatic carbocycles. The molecule has 0 saturated carbocycles. The van der Waals surface area contributed by atoms with E-state index in [1.807, 2.05) is 0 Å². The lowest BCUT2D eigenvalue weighted by molar-refractivity contribution is -0.141. The van der Waals surface area contributed by atoms with E-state index in [0.29, 0.717) is 11.3 Å². The van der Waals surface area contributed by atoms with Crippen molar-refractivity contribution in [2.45, 2.75) is 12.1 Å². The molecule has 0 bridgehead atoms. The highest BCUT2D eigenvalue weighted by atomic mass is 16.4. The van der Waals surface area contributed by atoms with E-state index in [4.69, 9.17) is 16.6 Å². The fourth-order valence-corrected chi connectivity index (χ4v) is 1.11. The summed E-state index contributed by atoms with van der Waals surface area (Å²) in [6.07, 6.45) is -1.28. The SMILES string of the molecule is Nc1ccccc1C(O)[C@H](N)C(=O)O. The van der Waals surface area contributed by atoms with Gasteiger partial charge in [0.1, 0.15) is 12.1 Å². The minimum atomic E-state index is -1.36. The van der Waals surface area contributed by atoms with Crippen LogP contribution >= 0.6 is 0 Å². The van der Waals surface area contributed by atoms with Gasteiger partial charge in [0.05, 0.1) is 0 Å². The number of aliphatic hydroxyl groups is 1. The summed E-state index contributed by atoms with van der Waals surface area (Å²) in [6.45, 7) is 0. The number of hydrogen-bond donors (Lipinski definition) is 4. The fourth-order valence-electron chi connectivity index (χ4n) is 1.11. The van der Waals surface area contributed by atoms with Crippen LogP contribution in [0.2, 0.25) is 0 Å². The molecule has 0 aliphatic rings. The average molecular weight is 196 g/mol. The standard InChI is InChI=1S/C9H12N2O3/c10-6-4-2-1-3-5(6)8(12)7(11)9(13)14/h1-4,7-8,12H,10-11H2,(H,13,14)/t7-,8?/m0/s1. The zero-order valence-electron chi connectivity index (χ0n) is 7.42. The second-order valence-corrected chi connectivity index (χ2v) is 2.94. The van der Waals surface area contributed by atoms with Gasteiger partial charge in [-0.2, -0.15) is 0 Å². The summed E-state index contributed by atoms with van der Waals surface area (Å²) < 4.78 is 0. The second kappa shape index (κ2) is 4.08. The first-order valence-electron chi connectivity index (χ1n) is 4.05. The van der Waals surface area contributed by atoms with Crippen LogP contribution in [0.3, 0.4) is 0 Å². The summed E-state index contributed by atoms with van der Waals surface area (Å²) in [5.74, 6) is -1.26. The molecule has 0 radical (unpaired) electrons. The van der Waals surface area contributed by atoms with E-state index >= 15 is 0 Å². The number of carbonyl (C=O) groups is 1. The van der Waals surface area contributed by atoms with Gasteiger partial charge in [0.25, 0.3) is 0 Å². The van der Waals surface area contributed by atoms with Crippen LogP contribution in [0, 0.1) is 0 Å². The van der Waals surface area contributed by atoms with Gasteiger partial charge in [-0.25, -0.2) is 0 Å². The molecule has 76 valence electrons. The summed E-state index contributed by atoms with van der Waals surface area (Å²) in [4.78, 5) is 10.5. The maximum absolute atomic E-state index is 10.5. The molecule has 2 atom stereocenters. The number of aliphatic carboxylic acids is 1. The van der Waals surface area contributed by atoms with Crippen molar-refractivity contribution in [1.82, 2.24) is 0 Å². The van der Waals surface area contributed by atoms with Gasteiger partial charge in [-0.1, -0.05) is 18.2 Å². The van der Waals surface area contributed by atoms with Gasteiger partial charge in [-0.05, 0) is 6.07 Å². The van der Waals surface area contributed by atoms with Crippen LogP contribution in [0.5, 0.6) is 0 Å². The molecule has 0 aromatic heterocycles. The lowest BCUT2D eigenvalue weighted by atomic mass is 10.0. The molecule has 0 spiro atoms. The Morgan fingerprint density at radius 2 is 1.93 bits per heavy atom. The summed E-state index contributed by atoms with van der Waals surface area (Å²) in [7, 11) is 0. The average Bonchev–Trinajstić information content (AvgIpc) is 2.16. The Kier molecular flexibility index (Phi) is 3.06. The first-order valence-corrected chi connectivity index (χ1v) is 4.05. The Hall–Kier alpha value is -1.59. The molecular formula is C9H12N2O3. The first-order chi connectivity index (χ1) is 6.54. The van der Waals surface area contributed by atoms with Crippen LogP contribution < -0.4 is 11.5 Å². The third-order valence-corrected chi connectivity index (χ3v) is 1.94. The number of nitrogens with two attached hydrogens (primary N) is 2. The van der Waals surface area contributed by atoms with Crippen LogP contribution in [0.15, 0.2) is 24.3 Å². The van der Waals surface area contributed by atoms with Gasteiger partial charge in [0.2, 0.25) is 0 Å². The lowest BCUT2D eigenvalue weighted by Crippen LogP contribution is -2.36. The highest BCUT2D eigenvalue weighted by molar-refractivity contribution is 5.74. The van der Waals surface area contributed by atoms with E-state index in [2.05, 4.69) is 0 Å². The number of carboxylic acid groups (broad SMARTS) is 1. The Balaban J connectivity index is 2.94. The topological polar surface area (TPSA) is 110 Å². The monoisotopic (exact) mass is 196 g/mol. The van der Waals surface area contributed by atoms with Crippen molar-refractivity contribution < 1.29 is 15.0 Å². The van der Waals surface area contributed by atoms with Gasteiger partial charge in [0, 0.05) is 11.3 Å².